The first kappa shape index (κ1) is 12.5. The molecule has 1 saturated carbocycles. The highest BCUT2D eigenvalue weighted by Gasteiger charge is 2.64. The molecule has 1 aromatic rings. The number of carbonyl (C=O) groups excluding carboxylic acids is 2. The van der Waals surface area contributed by atoms with Crippen molar-refractivity contribution in [1.82, 2.24) is 10.6 Å². The van der Waals surface area contributed by atoms with Crippen LogP contribution >= 0.6 is 0 Å². The van der Waals surface area contributed by atoms with Crippen LogP contribution in [-0.2, 0) is 9.53 Å². The Kier molecular flexibility index (Phi) is 3.27. The van der Waals surface area contributed by atoms with Gasteiger partial charge in [0, 0.05) is 7.05 Å². The van der Waals surface area contributed by atoms with Crippen LogP contribution in [0.4, 0.5) is 4.79 Å². The molecule has 18 heavy (non-hydrogen) atoms. The molecule has 0 aromatic carbocycles. The van der Waals surface area contributed by atoms with Crippen LogP contribution in [0.25, 0.3) is 0 Å². The van der Waals surface area contributed by atoms with Gasteiger partial charge in [-0.15, -0.1) is 0 Å². The fourth-order valence-corrected chi connectivity index (χ4v) is 2.04. The van der Waals surface area contributed by atoms with E-state index in [0.717, 1.165) is 0 Å². The summed E-state index contributed by atoms with van der Waals surface area (Å²) in [6, 6.07) is 3.14. The minimum Gasteiger partial charge on any atom is -0.469 e. The minimum atomic E-state index is -0.992. The summed E-state index contributed by atoms with van der Waals surface area (Å²) in [4.78, 5) is 23.4. The third kappa shape index (κ3) is 2.05. The molecule has 2 N–H and O–H groups in total. The van der Waals surface area contributed by atoms with Crippen molar-refractivity contribution in [2.24, 2.45) is 0 Å². The standard InChI is InChI=1S/C12H16N2O4/c1-3-17-10(15)12(14-11(16)13-2)7-8(12)9-5-4-6-18-9/h4-6,8H,3,7H2,1-2H3,(H2,13,14,16). The molecule has 0 aliphatic heterocycles. The van der Waals surface area contributed by atoms with E-state index >= 15 is 0 Å². The van der Waals surface area contributed by atoms with E-state index in [9.17, 15) is 9.59 Å². The molecule has 6 heteroatoms. The van der Waals surface area contributed by atoms with Crippen molar-refractivity contribution in [2.75, 3.05) is 13.7 Å². The second-order valence-electron chi connectivity index (χ2n) is 4.17. The van der Waals surface area contributed by atoms with Crippen LogP contribution in [0.1, 0.15) is 25.0 Å². The molecular formula is C12H16N2O4. The zero-order valence-electron chi connectivity index (χ0n) is 10.4. The summed E-state index contributed by atoms with van der Waals surface area (Å²) in [6.45, 7) is 2.01. The molecule has 1 heterocycles. The zero-order chi connectivity index (χ0) is 13.2. The van der Waals surface area contributed by atoms with Crippen LogP contribution in [0, 0.1) is 0 Å². The summed E-state index contributed by atoms with van der Waals surface area (Å²) in [5.41, 5.74) is -0.992. The summed E-state index contributed by atoms with van der Waals surface area (Å²) in [6.07, 6.45) is 2.04. The van der Waals surface area contributed by atoms with Crippen LogP contribution < -0.4 is 10.6 Å². The molecule has 1 aliphatic rings. The van der Waals surface area contributed by atoms with Gasteiger partial charge in [0.15, 0.2) is 0 Å². The van der Waals surface area contributed by atoms with Gasteiger partial charge in [0.1, 0.15) is 11.3 Å². The lowest BCUT2D eigenvalue weighted by Crippen LogP contribution is -2.48. The first-order valence-corrected chi connectivity index (χ1v) is 5.84. The Morgan fingerprint density at radius 3 is 2.94 bits per heavy atom. The van der Waals surface area contributed by atoms with Gasteiger partial charge < -0.3 is 19.8 Å². The molecule has 1 fully saturated rings. The lowest BCUT2D eigenvalue weighted by Gasteiger charge is -2.17. The van der Waals surface area contributed by atoms with Gasteiger partial charge in [-0.2, -0.15) is 0 Å². The summed E-state index contributed by atoms with van der Waals surface area (Å²) >= 11 is 0. The van der Waals surface area contributed by atoms with Gasteiger partial charge in [-0.05, 0) is 25.5 Å². The Labute approximate surface area is 105 Å². The molecule has 6 nitrogen and oxygen atoms in total. The van der Waals surface area contributed by atoms with Gasteiger partial charge in [-0.1, -0.05) is 0 Å². The van der Waals surface area contributed by atoms with E-state index in [1.807, 2.05) is 0 Å². The number of amides is 2. The molecule has 0 saturated heterocycles. The second kappa shape index (κ2) is 4.72. The van der Waals surface area contributed by atoms with E-state index in [1.54, 1.807) is 25.3 Å². The third-order valence-corrected chi connectivity index (χ3v) is 3.05. The second-order valence-corrected chi connectivity index (χ2v) is 4.17. The molecule has 2 atom stereocenters. The highest BCUT2D eigenvalue weighted by molar-refractivity contribution is 5.92. The highest BCUT2D eigenvalue weighted by atomic mass is 16.5. The average molecular weight is 252 g/mol. The summed E-state index contributed by atoms with van der Waals surface area (Å²) in [5, 5.41) is 5.09. The Morgan fingerprint density at radius 2 is 2.39 bits per heavy atom. The van der Waals surface area contributed by atoms with E-state index in [-0.39, 0.29) is 12.5 Å². The van der Waals surface area contributed by atoms with E-state index in [2.05, 4.69) is 10.6 Å². The monoisotopic (exact) mass is 252 g/mol. The van der Waals surface area contributed by atoms with E-state index in [0.29, 0.717) is 12.2 Å². The van der Waals surface area contributed by atoms with Crippen molar-refractivity contribution >= 4 is 12.0 Å². The quantitative estimate of drug-likeness (QED) is 0.783. The fourth-order valence-electron chi connectivity index (χ4n) is 2.04. The van der Waals surface area contributed by atoms with Crippen LogP contribution in [0.3, 0.4) is 0 Å². The summed E-state index contributed by atoms with van der Waals surface area (Å²) < 4.78 is 10.3. The SMILES string of the molecule is CCOC(=O)C1(NC(=O)NC)CC1c1ccco1. The predicted octanol–water partition coefficient (Wildman–Crippen LogP) is 0.998. The Morgan fingerprint density at radius 1 is 1.61 bits per heavy atom. The number of hydrogen-bond acceptors (Lipinski definition) is 4. The van der Waals surface area contributed by atoms with Crippen molar-refractivity contribution in [3.8, 4) is 0 Å². The number of furan rings is 1. The molecule has 0 spiro atoms. The maximum Gasteiger partial charge on any atom is 0.332 e. The largest absolute Gasteiger partial charge is 0.469 e. The van der Waals surface area contributed by atoms with Crippen LogP contribution in [0.15, 0.2) is 22.8 Å². The highest BCUT2D eigenvalue weighted by Crippen LogP contribution is 2.52. The lowest BCUT2D eigenvalue weighted by molar-refractivity contribution is -0.146. The molecule has 0 radical (unpaired) electrons. The lowest BCUT2D eigenvalue weighted by atomic mass is 10.1. The Balaban J connectivity index is 2.16. The van der Waals surface area contributed by atoms with Crippen LogP contribution in [0.2, 0.25) is 0 Å². The number of carbonyl (C=O) groups is 2. The molecule has 2 rings (SSSR count). The number of rotatable bonds is 4. The number of urea groups is 1. The molecule has 1 aromatic heterocycles. The van der Waals surface area contributed by atoms with Gasteiger partial charge in [-0.3, -0.25) is 0 Å². The Bertz CT molecular complexity index is 443. The van der Waals surface area contributed by atoms with E-state index in [4.69, 9.17) is 9.15 Å². The zero-order valence-corrected chi connectivity index (χ0v) is 10.4. The molecule has 98 valence electrons. The van der Waals surface area contributed by atoms with Crippen LogP contribution in [0.5, 0.6) is 0 Å². The molecule has 0 bridgehead atoms. The molecular weight excluding hydrogens is 236 g/mol. The Hall–Kier alpha value is -1.98. The number of esters is 1. The van der Waals surface area contributed by atoms with Gasteiger partial charge in [0.25, 0.3) is 0 Å². The fraction of sp³-hybridized carbons (Fsp3) is 0.500. The normalized spacial score (nSPS) is 25.3. The minimum absolute atomic E-state index is 0.163. The smallest absolute Gasteiger partial charge is 0.332 e. The summed E-state index contributed by atoms with van der Waals surface area (Å²) in [7, 11) is 1.50. The van der Waals surface area contributed by atoms with Crippen molar-refractivity contribution in [3.63, 3.8) is 0 Å². The summed E-state index contributed by atoms with van der Waals surface area (Å²) in [5.74, 6) is 0.0957. The molecule has 1 aliphatic carbocycles. The van der Waals surface area contributed by atoms with Gasteiger partial charge >= 0.3 is 12.0 Å². The van der Waals surface area contributed by atoms with Gasteiger partial charge in [-0.25, -0.2) is 9.59 Å². The molecule has 2 unspecified atom stereocenters. The van der Waals surface area contributed by atoms with Crippen molar-refractivity contribution in [3.05, 3.63) is 24.2 Å². The predicted molar refractivity (Wildman–Crippen MR) is 63.0 cm³/mol. The third-order valence-electron chi connectivity index (χ3n) is 3.05. The number of nitrogens with one attached hydrogen (secondary N) is 2. The number of hydrogen-bond donors (Lipinski definition) is 2. The topological polar surface area (TPSA) is 80.6 Å². The van der Waals surface area contributed by atoms with E-state index < -0.39 is 17.5 Å². The van der Waals surface area contributed by atoms with Crippen molar-refractivity contribution < 1.29 is 18.7 Å². The average Bonchev–Trinajstić information content (AvgIpc) is 2.85. The maximum atomic E-state index is 12.0. The maximum absolute atomic E-state index is 12.0. The first-order valence-electron chi connectivity index (χ1n) is 5.84. The molecule has 2 amide bonds. The van der Waals surface area contributed by atoms with Crippen molar-refractivity contribution in [2.45, 2.75) is 24.8 Å². The van der Waals surface area contributed by atoms with Gasteiger partial charge in [0.2, 0.25) is 0 Å². The van der Waals surface area contributed by atoms with Crippen LogP contribution in [-0.4, -0.2) is 31.2 Å². The van der Waals surface area contributed by atoms with E-state index in [1.165, 1.54) is 7.05 Å². The number of ether oxygens (including phenoxy) is 1. The first-order chi connectivity index (χ1) is 8.64. The van der Waals surface area contributed by atoms with Gasteiger partial charge in [0.05, 0.1) is 18.8 Å². The van der Waals surface area contributed by atoms with Crippen molar-refractivity contribution in [1.29, 1.82) is 0 Å².